The van der Waals surface area contributed by atoms with E-state index in [2.05, 4.69) is 6.92 Å². The number of unbranched alkanes of at least 4 members (excludes halogenated alkanes) is 1. The van der Waals surface area contributed by atoms with Crippen molar-refractivity contribution in [1.82, 2.24) is 0 Å². The Balaban J connectivity index is 1.76. The molecule has 30 heavy (non-hydrogen) atoms. The van der Waals surface area contributed by atoms with Crippen LogP contribution in [0.25, 0.3) is 0 Å². The van der Waals surface area contributed by atoms with E-state index in [1.807, 2.05) is 50.2 Å². The second-order valence-corrected chi connectivity index (χ2v) is 8.13. The van der Waals surface area contributed by atoms with Crippen molar-refractivity contribution in [3.63, 3.8) is 0 Å². The van der Waals surface area contributed by atoms with Crippen molar-refractivity contribution in [2.75, 3.05) is 6.79 Å². The zero-order valence-electron chi connectivity index (χ0n) is 17.6. The first-order valence-electron chi connectivity index (χ1n) is 10.6. The minimum Gasteiger partial charge on any atom is -0.491 e. The van der Waals surface area contributed by atoms with E-state index in [0.29, 0.717) is 17.2 Å². The summed E-state index contributed by atoms with van der Waals surface area (Å²) in [6, 6.07) is 11.2. The SMILES string of the molecule is CCCC[C@@H]1c2cc(OC(C)C)ccc2O[C@H](c2ccc3c(c2)OCO3)[C@H]1C(=O)O. The lowest BCUT2D eigenvalue weighted by atomic mass is 9.75. The van der Waals surface area contributed by atoms with Gasteiger partial charge in [-0.15, -0.1) is 0 Å². The van der Waals surface area contributed by atoms with Crippen molar-refractivity contribution in [3.05, 3.63) is 47.5 Å². The van der Waals surface area contributed by atoms with Crippen LogP contribution in [0.3, 0.4) is 0 Å². The Hall–Kier alpha value is -2.89. The fourth-order valence-electron chi connectivity index (χ4n) is 4.31. The second-order valence-electron chi connectivity index (χ2n) is 8.13. The first-order chi connectivity index (χ1) is 14.5. The summed E-state index contributed by atoms with van der Waals surface area (Å²) in [5.74, 6) is 0.999. The van der Waals surface area contributed by atoms with Crippen molar-refractivity contribution in [2.45, 2.75) is 58.2 Å². The standard InChI is InChI=1S/C24H28O6/c1-4-5-6-17-18-12-16(29-14(2)3)8-10-19(18)30-23(22(17)24(25)26)15-7-9-20-21(11-15)28-13-27-20/h7-12,14,17,22-23H,4-6,13H2,1-3H3,(H,25,26)/t17-,22+,23-/m1/s1. The topological polar surface area (TPSA) is 74.2 Å². The molecule has 160 valence electrons. The van der Waals surface area contributed by atoms with Gasteiger partial charge in [-0.1, -0.05) is 25.8 Å². The molecule has 0 amide bonds. The van der Waals surface area contributed by atoms with Gasteiger partial charge in [0.1, 0.15) is 23.5 Å². The highest BCUT2D eigenvalue weighted by atomic mass is 16.7. The molecule has 6 nitrogen and oxygen atoms in total. The first kappa shape index (κ1) is 20.4. The molecule has 4 rings (SSSR count). The van der Waals surface area contributed by atoms with E-state index in [1.54, 1.807) is 0 Å². The van der Waals surface area contributed by atoms with Gasteiger partial charge in [-0.05, 0) is 56.2 Å². The van der Waals surface area contributed by atoms with E-state index in [0.717, 1.165) is 36.1 Å². The van der Waals surface area contributed by atoms with E-state index in [1.165, 1.54) is 0 Å². The monoisotopic (exact) mass is 412 g/mol. The Kier molecular flexibility index (Phi) is 5.75. The minimum absolute atomic E-state index is 0.0401. The van der Waals surface area contributed by atoms with Crippen molar-refractivity contribution >= 4 is 5.97 Å². The molecule has 3 atom stereocenters. The summed E-state index contributed by atoms with van der Waals surface area (Å²) in [6.45, 7) is 6.23. The number of rotatable bonds is 7. The maximum absolute atomic E-state index is 12.5. The summed E-state index contributed by atoms with van der Waals surface area (Å²) < 4.78 is 23.0. The van der Waals surface area contributed by atoms with Crippen LogP contribution in [0.5, 0.6) is 23.0 Å². The highest BCUT2D eigenvalue weighted by Crippen LogP contribution is 2.50. The maximum Gasteiger partial charge on any atom is 0.311 e. The normalized spacial score (nSPS) is 21.8. The molecule has 2 heterocycles. The van der Waals surface area contributed by atoms with Crippen LogP contribution in [0.1, 0.15) is 63.2 Å². The third-order valence-electron chi connectivity index (χ3n) is 5.65. The zero-order valence-corrected chi connectivity index (χ0v) is 17.6. The summed E-state index contributed by atoms with van der Waals surface area (Å²) in [7, 11) is 0. The highest BCUT2D eigenvalue weighted by molar-refractivity contribution is 5.74. The third kappa shape index (κ3) is 3.91. The zero-order chi connectivity index (χ0) is 21.3. The van der Waals surface area contributed by atoms with Gasteiger partial charge in [-0.25, -0.2) is 0 Å². The molecule has 6 heteroatoms. The number of fused-ring (bicyclic) bond motifs is 2. The summed E-state index contributed by atoms with van der Waals surface area (Å²) in [5.41, 5.74) is 1.69. The molecule has 1 N–H and O–H groups in total. The summed E-state index contributed by atoms with van der Waals surface area (Å²) in [6.07, 6.45) is 2.14. The molecular formula is C24H28O6. The number of carboxylic acids is 1. The van der Waals surface area contributed by atoms with Crippen LogP contribution in [0.2, 0.25) is 0 Å². The average molecular weight is 412 g/mol. The number of hydrogen-bond donors (Lipinski definition) is 1. The molecule has 0 spiro atoms. The van der Waals surface area contributed by atoms with Crippen LogP contribution in [0, 0.1) is 5.92 Å². The van der Waals surface area contributed by atoms with Gasteiger partial charge in [0.25, 0.3) is 0 Å². The largest absolute Gasteiger partial charge is 0.491 e. The Morgan fingerprint density at radius 1 is 1.13 bits per heavy atom. The van der Waals surface area contributed by atoms with Crippen LogP contribution in [-0.2, 0) is 4.79 Å². The first-order valence-corrected chi connectivity index (χ1v) is 10.6. The Bertz CT molecular complexity index is 922. The van der Waals surface area contributed by atoms with E-state index in [9.17, 15) is 9.90 Å². The van der Waals surface area contributed by atoms with Crippen molar-refractivity contribution in [3.8, 4) is 23.0 Å². The molecule has 0 aliphatic carbocycles. The highest BCUT2D eigenvalue weighted by Gasteiger charge is 2.44. The molecule has 2 aromatic rings. The van der Waals surface area contributed by atoms with Crippen LogP contribution in [0.4, 0.5) is 0 Å². The molecule has 2 aliphatic heterocycles. The van der Waals surface area contributed by atoms with E-state index in [4.69, 9.17) is 18.9 Å². The molecule has 0 saturated carbocycles. The maximum atomic E-state index is 12.5. The van der Waals surface area contributed by atoms with Crippen LogP contribution >= 0.6 is 0 Å². The van der Waals surface area contributed by atoms with Gasteiger partial charge in [0.2, 0.25) is 6.79 Å². The van der Waals surface area contributed by atoms with Crippen LogP contribution in [0.15, 0.2) is 36.4 Å². The van der Waals surface area contributed by atoms with Gasteiger partial charge in [0.15, 0.2) is 11.5 Å². The molecule has 0 saturated heterocycles. The van der Waals surface area contributed by atoms with Crippen LogP contribution < -0.4 is 18.9 Å². The molecule has 2 aliphatic rings. The number of hydrogen-bond acceptors (Lipinski definition) is 5. The van der Waals surface area contributed by atoms with Gasteiger partial charge < -0.3 is 24.1 Å². The molecular weight excluding hydrogens is 384 g/mol. The Morgan fingerprint density at radius 3 is 2.63 bits per heavy atom. The number of ether oxygens (including phenoxy) is 4. The average Bonchev–Trinajstić information content (AvgIpc) is 3.18. The quantitative estimate of drug-likeness (QED) is 0.664. The Morgan fingerprint density at radius 2 is 1.90 bits per heavy atom. The summed E-state index contributed by atoms with van der Waals surface area (Å²) in [4.78, 5) is 12.5. The lowest BCUT2D eigenvalue weighted by Crippen LogP contribution is -2.35. The predicted octanol–water partition coefficient (Wildman–Crippen LogP) is 5.31. The second kappa shape index (κ2) is 8.46. The van der Waals surface area contributed by atoms with Gasteiger partial charge in [-0.3, -0.25) is 4.79 Å². The smallest absolute Gasteiger partial charge is 0.311 e. The fraction of sp³-hybridized carbons (Fsp3) is 0.458. The molecule has 0 fully saturated rings. The van der Waals surface area contributed by atoms with Crippen LogP contribution in [-0.4, -0.2) is 24.0 Å². The minimum atomic E-state index is -0.861. The van der Waals surface area contributed by atoms with Crippen molar-refractivity contribution in [1.29, 1.82) is 0 Å². The lowest BCUT2D eigenvalue weighted by molar-refractivity contribution is -0.147. The van der Waals surface area contributed by atoms with E-state index < -0.39 is 18.0 Å². The third-order valence-corrected chi connectivity index (χ3v) is 5.65. The lowest BCUT2D eigenvalue weighted by Gasteiger charge is -2.38. The van der Waals surface area contributed by atoms with Crippen molar-refractivity contribution < 1.29 is 28.8 Å². The molecule has 0 radical (unpaired) electrons. The fourth-order valence-corrected chi connectivity index (χ4v) is 4.31. The molecule has 0 unspecified atom stereocenters. The predicted molar refractivity (Wildman–Crippen MR) is 112 cm³/mol. The molecule has 0 aromatic heterocycles. The number of carboxylic acid groups (broad SMARTS) is 1. The van der Waals surface area contributed by atoms with E-state index in [-0.39, 0.29) is 18.8 Å². The van der Waals surface area contributed by atoms with E-state index >= 15 is 0 Å². The Labute approximate surface area is 176 Å². The number of benzene rings is 2. The van der Waals surface area contributed by atoms with Gasteiger partial charge in [0, 0.05) is 11.5 Å². The molecule has 2 aromatic carbocycles. The van der Waals surface area contributed by atoms with Gasteiger partial charge in [-0.2, -0.15) is 0 Å². The number of carbonyl (C=O) groups is 1. The summed E-state index contributed by atoms with van der Waals surface area (Å²) >= 11 is 0. The number of aliphatic carboxylic acids is 1. The van der Waals surface area contributed by atoms with Gasteiger partial charge in [0.05, 0.1) is 6.10 Å². The van der Waals surface area contributed by atoms with Crippen molar-refractivity contribution in [2.24, 2.45) is 5.92 Å². The molecule has 0 bridgehead atoms. The van der Waals surface area contributed by atoms with Gasteiger partial charge >= 0.3 is 5.97 Å². The summed E-state index contributed by atoms with van der Waals surface area (Å²) in [5, 5.41) is 10.2.